The smallest absolute Gasteiger partial charge is 0.323 e. The van der Waals surface area contributed by atoms with Crippen molar-refractivity contribution in [2.24, 2.45) is 0 Å². The summed E-state index contributed by atoms with van der Waals surface area (Å²) < 4.78 is 56.9. The van der Waals surface area contributed by atoms with Crippen LogP contribution < -0.4 is 4.74 Å². The van der Waals surface area contributed by atoms with Crippen LogP contribution in [-0.4, -0.2) is 61.2 Å². The molecule has 0 radical (unpaired) electrons. The molecule has 0 aliphatic carbocycles. The van der Waals surface area contributed by atoms with Gasteiger partial charge < -0.3 is 14.7 Å². The van der Waals surface area contributed by atoms with Gasteiger partial charge in [-0.1, -0.05) is 31.2 Å². The lowest BCUT2D eigenvalue weighted by Gasteiger charge is -2.21. The largest absolute Gasteiger partial charge is 0.489 e. The van der Waals surface area contributed by atoms with Crippen LogP contribution in [-0.2, 0) is 21.2 Å². The van der Waals surface area contributed by atoms with Gasteiger partial charge in [0, 0.05) is 22.8 Å². The third-order valence-electron chi connectivity index (χ3n) is 5.71. The molecule has 0 aliphatic heterocycles. The van der Waals surface area contributed by atoms with Crippen molar-refractivity contribution >= 4 is 33.5 Å². The van der Waals surface area contributed by atoms with Gasteiger partial charge in [-0.15, -0.1) is 11.8 Å². The molecular formula is C27H27F2NO6S2. The normalized spacial score (nSPS) is 11.3. The van der Waals surface area contributed by atoms with E-state index in [1.807, 2.05) is 0 Å². The van der Waals surface area contributed by atoms with Gasteiger partial charge in [-0.05, 0) is 59.3 Å². The highest BCUT2D eigenvalue weighted by Crippen LogP contribution is 2.33. The molecule has 0 unspecified atom stereocenters. The Morgan fingerprint density at radius 1 is 1.03 bits per heavy atom. The van der Waals surface area contributed by atoms with E-state index in [4.69, 9.17) is 4.74 Å². The highest BCUT2D eigenvalue weighted by atomic mass is 32.2. The van der Waals surface area contributed by atoms with Crippen LogP contribution in [0.2, 0.25) is 0 Å². The molecule has 0 spiro atoms. The van der Waals surface area contributed by atoms with Crippen LogP contribution >= 0.6 is 11.8 Å². The number of carbonyl (C=O) groups excluding carboxylic acids is 1. The Kier molecular flexibility index (Phi) is 9.87. The van der Waals surface area contributed by atoms with Gasteiger partial charge in [0.15, 0.2) is 21.5 Å². The first-order valence-corrected chi connectivity index (χ1v) is 14.6. The van der Waals surface area contributed by atoms with Gasteiger partial charge in [-0.25, -0.2) is 17.2 Å². The molecule has 202 valence electrons. The Labute approximate surface area is 224 Å². The van der Waals surface area contributed by atoms with E-state index >= 15 is 0 Å². The first kappa shape index (κ1) is 29.1. The second-order valence-corrected chi connectivity index (χ2v) is 11.7. The number of aliphatic carboxylic acids is 1. The number of hydrogen-bond donors (Lipinski definition) is 1. The number of thioether (sulfide) groups is 1. The van der Waals surface area contributed by atoms with Crippen LogP contribution in [0.15, 0.2) is 65.6 Å². The number of carboxylic acids is 1. The third-order valence-corrected chi connectivity index (χ3v) is 8.17. The number of benzene rings is 3. The lowest BCUT2D eigenvalue weighted by Crippen LogP contribution is -2.39. The summed E-state index contributed by atoms with van der Waals surface area (Å²) in [6.07, 6.45) is 1.78. The summed E-state index contributed by atoms with van der Waals surface area (Å²) in [5.41, 5.74) is 2.10. The van der Waals surface area contributed by atoms with E-state index in [1.165, 1.54) is 24.8 Å². The van der Waals surface area contributed by atoms with E-state index in [-0.39, 0.29) is 30.2 Å². The predicted molar refractivity (Wildman–Crippen MR) is 142 cm³/mol. The number of amides is 1. The summed E-state index contributed by atoms with van der Waals surface area (Å²) >= 11 is 1.31. The number of halogens is 2. The first-order valence-electron chi connectivity index (χ1n) is 11.6. The number of ether oxygens (including phenoxy) is 1. The summed E-state index contributed by atoms with van der Waals surface area (Å²) in [5, 5.41) is 9.18. The van der Waals surface area contributed by atoms with Crippen molar-refractivity contribution in [3.8, 4) is 16.9 Å². The molecule has 38 heavy (non-hydrogen) atoms. The monoisotopic (exact) mass is 563 g/mol. The zero-order chi connectivity index (χ0) is 27.9. The first-order chi connectivity index (χ1) is 18.0. The highest BCUT2D eigenvalue weighted by molar-refractivity contribution is 7.98. The van der Waals surface area contributed by atoms with E-state index in [2.05, 4.69) is 0 Å². The van der Waals surface area contributed by atoms with Crippen molar-refractivity contribution in [3.05, 3.63) is 83.4 Å². The molecule has 1 N–H and O–H groups in total. The highest BCUT2D eigenvalue weighted by Gasteiger charge is 2.21. The van der Waals surface area contributed by atoms with Gasteiger partial charge in [0.1, 0.15) is 18.9 Å². The van der Waals surface area contributed by atoms with Gasteiger partial charge in [-0.3, -0.25) is 9.59 Å². The van der Waals surface area contributed by atoms with Gasteiger partial charge >= 0.3 is 5.97 Å². The fourth-order valence-electron chi connectivity index (χ4n) is 3.61. The van der Waals surface area contributed by atoms with Gasteiger partial charge in [0.25, 0.3) is 5.91 Å². The molecule has 0 saturated heterocycles. The van der Waals surface area contributed by atoms with Crippen molar-refractivity contribution in [1.82, 2.24) is 4.90 Å². The van der Waals surface area contributed by atoms with Crippen LogP contribution in [0.3, 0.4) is 0 Å². The molecule has 11 heteroatoms. The second kappa shape index (κ2) is 12.9. The molecule has 3 aromatic rings. The van der Waals surface area contributed by atoms with E-state index in [0.717, 1.165) is 17.0 Å². The maximum atomic E-state index is 13.8. The molecule has 0 saturated carbocycles. The lowest BCUT2D eigenvalue weighted by atomic mass is 10.1. The lowest BCUT2D eigenvalue weighted by molar-refractivity contribution is -0.137. The number of sulfone groups is 1. The minimum atomic E-state index is -3.39. The van der Waals surface area contributed by atoms with Crippen LogP contribution in [0, 0.1) is 11.6 Å². The van der Waals surface area contributed by atoms with Crippen molar-refractivity contribution in [3.63, 3.8) is 0 Å². The summed E-state index contributed by atoms with van der Waals surface area (Å²) in [4.78, 5) is 25.8. The van der Waals surface area contributed by atoms with Crippen molar-refractivity contribution in [2.45, 2.75) is 18.4 Å². The maximum Gasteiger partial charge on any atom is 0.323 e. The van der Waals surface area contributed by atoms with Gasteiger partial charge in [0.2, 0.25) is 0 Å². The summed E-state index contributed by atoms with van der Waals surface area (Å²) in [6.45, 7) is 0.733. The molecule has 0 aliphatic rings. The van der Waals surface area contributed by atoms with E-state index in [1.54, 1.807) is 48.7 Å². The van der Waals surface area contributed by atoms with Crippen LogP contribution in [0.1, 0.15) is 22.8 Å². The summed E-state index contributed by atoms with van der Waals surface area (Å²) in [7, 11) is -3.39. The fourth-order valence-corrected chi connectivity index (χ4v) is 5.01. The molecule has 0 bridgehead atoms. The standard InChI is InChI=1S/C27H27F2NO6S2/c1-3-38(34,35)12-11-30(16-26(31)32)27(33)20-6-4-5-18(13-20)17-36-21-9-7-19(8-10-21)22-14-23(28)24(29)15-25(22)37-2/h4-10,13-15H,3,11-12,16-17H2,1-2H3,(H,31,32). The molecule has 7 nitrogen and oxygen atoms in total. The number of rotatable bonds is 12. The molecule has 3 aromatic carbocycles. The summed E-state index contributed by atoms with van der Waals surface area (Å²) in [5.74, 6) is -3.60. The Morgan fingerprint density at radius 2 is 1.71 bits per heavy atom. The minimum Gasteiger partial charge on any atom is -0.489 e. The van der Waals surface area contributed by atoms with Gasteiger partial charge in [0.05, 0.1) is 5.75 Å². The average molecular weight is 564 g/mol. The maximum absolute atomic E-state index is 13.8. The fraction of sp³-hybridized carbons (Fsp3) is 0.259. The Morgan fingerprint density at radius 3 is 2.34 bits per heavy atom. The van der Waals surface area contributed by atoms with E-state index in [9.17, 15) is 31.9 Å². The molecule has 0 atom stereocenters. The Balaban J connectivity index is 1.71. The second-order valence-electron chi connectivity index (χ2n) is 8.34. The average Bonchev–Trinajstić information content (AvgIpc) is 2.91. The molecule has 1 amide bonds. The van der Waals surface area contributed by atoms with Crippen molar-refractivity contribution in [1.29, 1.82) is 0 Å². The molecule has 3 rings (SSSR count). The quantitative estimate of drug-likeness (QED) is 0.313. The number of nitrogens with zero attached hydrogens (tertiary/aromatic N) is 1. The van der Waals surface area contributed by atoms with Crippen molar-refractivity contribution in [2.75, 3.05) is 30.9 Å². The van der Waals surface area contributed by atoms with Crippen molar-refractivity contribution < 1.29 is 36.6 Å². The summed E-state index contributed by atoms with van der Waals surface area (Å²) in [6, 6.07) is 15.6. The predicted octanol–water partition coefficient (Wildman–Crippen LogP) is 4.89. The molecule has 0 aromatic heterocycles. The number of carbonyl (C=O) groups is 2. The minimum absolute atomic E-state index is 0.102. The molecule has 0 heterocycles. The molecular weight excluding hydrogens is 536 g/mol. The Hall–Kier alpha value is -3.44. The zero-order valence-electron chi connectivity index (χ0n) is 20.8. The molecule has 0 fully saturated rings. The SMILES string of the molecule is CCS(=O)(=O)CCN(CC(=O)O)C(=O)c1cccc(COc2ccc(-c3cc(F)c(F)cc3SC)cc2)c1. The number of hydrogen-bond acceptors (Lipinski definition) is 6. The van der Waals surface area contributed by atoms with Crippen LogP contribution in [0.5, 0.6) is 5.75 Å². The number of carboxylic acid groups (broad SMARTS) is 1. The van der Waals surface area contributed by atoms with Crippen LogP contribution in [0.25, 0.3) is 11.1 Å². The Bertz CT molecular complexity index is 1410. The van der Waals surface area contributed by atoms with Gasteiger partial charge in [-0.2, -0.15) is 0 Å². The zero-order valence-corrected chi connectivity index (χ0v) is 22.5. The van der Waals surface area contributed by atoms with E-state index < -0.39 is 39.9 Å². The van der Waals surface area contributed by atoms with E-state index in [0.29, 0.717) is 27.3 Å². The topological polar surface area (TPSA) is 101 Å². The van der Waals surface area contributed by atoms with Crippen LogP contribution in [0.4, 0.5) is 8.78 Å². The third kappa shape index (κ3) is 7.78.